The van der Waals surface area contributed by atoms with E-state index in [2.05, 4.69) is 11.4 Å². The smallest absolute Gasteiger partial charge is 0.326 e. The van der Waals surface area contributed by atoms with Gasteiger partial charge in [-0.15, -0.1) is 0 Å². The number of benzene rings is 3. The molecule has 1 aliphatic heterocycles. The molecule has 0 saturated heterocycles. The van der Waals surface area contributed by atoms with E-state index in [9.17, 15) is 24.3 Å². The number of ketones is 1. The predicted octanol–water partition coefficient (Wildman–Crippen LogP) is 6.50. The molecule has 5 rings (SSSR count). The Hall–Kier alpha value is -3.39. The van der Waals surface area contributed by atoms with Gasteiger partial charge in [0, 0.05) is 36.5 Å². The molecule has 0 fully saturated rings. The van der Waals surface area contributed by atoms with E-state index in [4.69, 9.17) is 34.8 Å². The zero-order valence-corrected chi connectivity index (χ0v) is 24.9. The molecule has 1 heterocycles. The topological polar surface area (TPSA) is 104 Å². The Morgan fingerprint density at radius 2 is 1.71 bits per heavy atom. The first-order valence-corrected chi connectivity index (χ1v) is 14.9. The number of nitrogens with zero attached hydrogens (tertiary/aromatic N) is 1. The van der Waals surface area contributed by atoms with Gasteiger partial charge < -0.3 is 15.3 Å². The van der Waals surface area contributed by atoms with E-state index in [0.29, 0.717) is 41.1 Å². The van der Waals surface area contributed by atoms with Crippen molar-refractivity contribution >= 4 is 58.4 Å². The van der Waals surface area contributed by atoms with Gasteiger partial charge in [0.05, 0.1) is 15.6 Å². The van der Waals surface area contributed by atoms with E-state index in [1.807, 2.05) is 18.2 Å². The lowest BCUT2D eigenvalue weighted by Gasteiger charge is -2.30. The highest BCUT2D eigenvalue weighted by atomic mass is 35.5. The van der Waals surface area contributed by atoms with Gasteiger partial charge in [0.15, 0.2) is 0 Å². The van der Waals surface area contributed by atoms with E-state index in [-0.39, 0.29) is 52.6 Å². The monoisotopic (exact) mass is 626 g/mol. The van der Waals surface area contributed by atoms with Crippen LogP contribution in [0.3, 0.4) is 0 Å². The standard InChI is InChI=1S/C32H29Cl3N2O5/c33-22-9-7-19(8-10-22)31(40)37-14-13-25-21(17-37)16-26(34)28(29(25)35)30(39)36-27(32(41)42)12-11-23(38)15-20-6-5-18-3-1-2-4-24(18)20/h1-4,7-10,16,20,27H,5-6,11-15,17H2,(H,36,39)(H,41,42)/t20-,27-/m0/s1. The third-order valence-electron chi connectivity index (χ3n) is 8.06. The van der Waals surface area contributed by atoms with Crippen molar-refractivity contribution in [3.05, 3.63) is 103 Å². The number of carbonyl (C=O) groups is 4. The Morgan fingerprint density at radius 1 is 0.976 bits per heavy atom. The second-order valence-corrected chi connectivity index (χ2v) is 12.0. The van der Waals surface area contributed by atoms with Crippen LogP contribution >= 0.6 is 34.8 Å². The number of carboxylic acid groups (broad SMARTS) is 1. The van der Waals surface area contributed by atoms with Gasteiger partial charge in [0.1, 0.15) is 11.8 Å². The number of halogens is 3. The zero-order valence-electron chi connectivity index (χ0n) is 22.7. The van der Waals surface area contributed by atoms with Crippen LogP contribution < -0.4 is 5.32 Å². The number of fused-ring (bicyclic) bond motifs is 2. The number of Topliss-reactive ketones (excluding diaryl/α,β-unsaturated/α-hetero) is 1. The number of carboxylic acids is 1. The first-order valence-electron chi connectivity index (χ1n) is 13.8. The molecule has 218 valence electrons. The maximum Gasteiger partial charge on any atom is 0.326 e. The number of hydrogen-bond donors (Lipinski definition) is 2. The van der Waals surface area contributed by atoms with Gasteiger partial charge in [-0.1, -0.05) is 59.1 Å². The highest BCUT2D eigenvalue weighted by Gasteiger charge is 2.30. The maximum atomic E-state index is 13.2. The summed E-state index contributed by atoms with van der Waals surface area (Å²) in [5, 5.41) is 13.0. The molecule has 2 N–H and O–H groups in total. The zero-order chi connectivity index (χ0) is 30.0. The van der Waals surface area contributed by atoms with Crippen molar-refractivity contribution in [2.75, 3.05) is 6.54 Å². The summed E-state index contributed by atoms with van der Waals surface area (Å²) in [6, 6.07) is 15.0. The van der Waals surface area contributed by atoms with Crippen LogP contribution in [0.4, 0.5) is 0 Å². The lowest BCUT2D eigenvalue weighted by molar-refractivity contribution is -0.139. The molecule has 1 aliphatic carbocycles. The number of amides is 2. The van der Waals surface area contributed by atoms with Crippen LogP contribution in [0.15, 0.2) is 54.6 Å². The number of rotatable bonds is 9. The third kappa shape index (κ3) is 6.48. The van der Waals surface area contributed by atoms with Crippen LogP contribution in [0.2, 0.25) is 15.1 Å². The molecule has 0 saturated carbocycles. The quantitative estimate of drug-likeness (QED) is 0.282. The Bertz CT molecular complexity index is 1560. The molecule has 3 aromatic carbocycles. The SMILES string of the molecule is O=C(CC[C@H](NC(=O)c1c(Cl)cc2c(c1Cl)CCN(C(=O)c1ccc(Cl)cc1)C2)C(=O)O)C[C@@H]1CCc2ccccc21. The van der Waals surface area contributed by atoms with Gasteiger partial charge in [-0.25, -0.2) is 4.79 Å². The largest absolute Gasteiger partial charge is 0.480 e. The molecule has 0 bridgehead atoms. The minimum Gasteiger partial charge on any atom is -0.480 e. The molecule has 2 amide bonds. The van der Waals surface area contributed by atoms with Crippen molar-refractivity contribution in [1.82, 2.24) is 10.2 Å². The minimum atomic E-state index is -1.28. The molecule has 0 spiro atoms. The highest BCUT2D eigenvalue weighted by Crippen LogP contribution is 2.37. The molecular formula is C32H29Cl3N2O5. The molecule has 7 nitrogen and oxygen atoms in total. The summed E-state index contributed by atoms with van der Waals surface area (Å²) in [4.78, 5) is 52.6. The first kappa shape index (κ1) is 30.1. The molecule has 2 atom stereocenters. The number of carbonyl (C=O) groups excluding carboxylic acids is 3. The van der Waals surface area contributed by atoms with E-state index < -0.39 is 17.9 Å². The third-order valence-corrected chi connectivity index (χ3v) is 9.02. The fourth-order valence-electron chi connectivity index (χ4n) is 5.84. The van der Waals surface area contributed by atoms with Crippen molar-refractivity contribution in [3.8, 4) is 0 Å². The molecule has 3 aromatic rings. The molecule has 42 heavy (non-hydrogen) atoms. The summed E-state index contributed by atoms with van der Waals surface area (Å²) in [6.45, 7) is 0.631. The number of nitrogens with one attached hydrogen (secondary N) is 1. The average molecular weight is 628 g/mol. The molecule has 10 heteroatoms. The number of aryl methyl sites for hydroxylation is 1. The van der Waals surface area contributed by atoms with E-state index in [0.717, 1.165) is 12.8 Å². The molecule has 0 radical (unpaired) electrons. The van der Waals surface area contributed by atoms with E-state index >= 15 is 0 Å². The lowest BCUT2D eigenvalue weighted by Crippen LogP contribution is -2.41. The molecule has 2 aliphatic rings. The van der Waals surface area contributed by atoms with Crippen LogP contribution in [0, 0.1) is 0 Å². The average Bonchev–Trinajstić information content (AvgIpc) is 3.37. The minimum absolute atomic E-state index is 0.0188. The van der Waals surface area contributed by atoms with Crippen molar-refractivity contribution in [2.45, 2.75) is 57.0 Å². The van der Waals surface area contributed by atoms with Gasteiger partial charge in [-0.2, -0.15) is 0 Å². The predicted molar refractivity (Wildman–Crippen MR) is 162 cm³/mol. The summed E-state index contributed by atoms with van der Waals surface area (Å²) in [5.41, 5.74) is 4.32. The van der Waals surface area contributed by atoms with E-state index in [1.165, 1.54) is 11.1 Å². The lowest BCUT2D eigenvalue weighted by atomic mass is 9.93. The summed E-state index contributed by atoms with van der Waals surface area (Å²) in [6.07, 6.45) is 2.55. The molecule has 0 aromatic heterocycles. The maximum absolute atomic E-state index is 13.2. The van der Waals surface area contributed by atoms with Gasteiger partial charge in [0.25, 0.3) is 11.8 Å². The number of hydrogen-bond acceptors (Lipinski definition) is 4. The Morgan fingerprint density at radius 3 is 2.45 bits per heavy atom. The van der Waals surface area contributed by atoms with Crippen molar-refractivity contribution in [3.63, 3.8) is 0 Å². The Kier molecular flexibility index (Phi) is 9.21. The van der Waals surface area contributed by atoms with Crippen LogP contribution in [0.1, 0.15) is 74.6 Å². The summed E-state index contributed by atoms with van der Waals surface area (Å²) in [5.74, 6) is -2.04. The fraction of sp³-hybridized carbons (Fsp3) is 0.312. The fourth-order valence-corrected chi connectivity index (χ4v) is 6.73. The van der Waals surface area contributed by atoms with Crippen LogP contribution in [-0.4, -0.2) is 46.2 Å². The number of aliphatic carboxylic acids is 1. The van der Waals surface area contributed by atoms with Crippen molar-refractivity contribution < 1.29 is 24.3 Å². The Labute approximate surface area is 258 Å². The van der Waals surface area contributed by atoms with Gasteiger partial charge >= 0.3 is 5.97 Å². The Balaban J connectivity index is 1.23. The second kappa shape index (κ2) is 12.9. The van der Waals surface area contributed by atoms with Crippen molar-refractivity contribution in [1.29, 1.82) is 0 Å². The summed E-state index contributed by atoms with van der Waals surface area (Å²) < 4.78 is 0. The molecular weight excluding hydrogens is 599 g/mol. The van der Waals surface area contributed by atoms with Crippen molar-refractivity contribution in [2.24, 2.45) is 0 Å². The van der Waals surface area contributed by atoms with Crippen LogP contribution in [-0.2, 0) is 29.0 Å². The van der Waals surface area contributed by atoms with Crippen LogP contribution in [0.5, 0.6) is 0 Å². The van der Waals surface area contributed by atoms with Gasteiger partial charge in [-0.3, -0.25) is 14.4 Å². The summed E-state index contributed by atoms with van der Waals surface area (Å²) >= 11 is 19.1. The second-order valence-electron chi connectivity index (χ2n) is 10.7. The van der Waals surface area contributed by atoms with Gasteiger partial charge in [-0.05, 0) is 84.2 Å². The van der Waals surface area contributed by atoms with E-state index in [1.54, 1.807) is 35.2 Å². The van der Waals surface area contributed by atoms with Gasteiger partial charge in [0.2, 0.25) is 0 Å². The highest BCUT2D eigenvalue weighted by molar-refractivity contribution is 6.40. The first-order chi connectivity index (χ1) is 20.1. The molecule has 0 unspecified atom stereocenters. The summed E-state index contributed by atoms with van der Waals surface area (Å²) in [7, 11) is 0. The normalized spacial score (nSPS) is 16.4. The van der Waals surface area contributed by atoms with Crippen LogP contribution in [0.25, 0.3) is 0 Å².